The van der Waals surface area contributed by atoms with Crippen molar-refractivity contribution in [2.45, 2.75) is 38.9 Å². The van der Waals surface area contributed by atoms with Gasteiger partial charge in [-0.25, -0.2) is 0 Å². The first-order valence-electron chi connectivity index (χ1n) is 11.5. The zero-order chi connectivity index (χ0) is 25.2. The van der Waals surface area contributed by atoms with E-state index in [2.05, 4.69) is 10.3 Å². The molecule has 0 radical (unpaired) electrons. The number of carbonyl (C=O) groups is 2. The summed E-state index contributed by atoms with van der Waals surface area (Å²) in [4.78, 5) is 31.5. The highest BCUT2D eigenvalue weighted by atomic mass is 19.4. The average molecular weight is 482 g/mol. The summed E-state index contributed by atoms with van der Waals surface area (Å²) in [6.45, 7) is 5.02. The highest BCUT2D eigenvalue weighted by molar-refractivity contribution is 6.01. The number of carbonyl (C=O) groups excluding carboxylic acids is 2. The first-order valence-corrected chi connectivity index (χ1v) is 11.5. The van der Waals surface area contributed by atoms with Gasteiger partial charge in [-0.1, -0.05) is 35.9 Å². The molecular formula is C27H26F3N3O2. The van der Waals surface area contributed by atoms with Crippen molar-refractivity contribution in [1.82, 2.24) is 15.2 Å². The minimum atomic E-state index is -4.53. The van der Waals surface area contributed by atoms with Crippen LogP contribution in [-0.2, 0) is 6.18 Å². The molecule has 1 aliphatic rings. The molecular weight excluding hydrogens is 455 g/mol. The lowest BCUT2D eigenvalue weighted by atomic mass is 9.97. The number of pyridine rings is 1. The zero-order valence-corrected chi connectivity index (χ0v) is 19.5. The summed E-state index contributed by atoms with van der Waals surface area (Å²) < 4.78 is 38.4. The quantitative estimate of drug-likeness (QED) is 0.501. The number of alkyl halides is 3. The lowest BCUT2D eigenvalue weighted by Crippen LogP contribution is -2.29. The fraction of sp³-hybridized carbons (Fsp3) is 0.296. The number of halogens is 3. The topological polar surface area (TPSA) is 62.3 Å². The molecule has 1 aliphatic heterocycles. The summed E-state index contributed by atoms with van der Waals surface area (Å²) in [5.74, 6) is -0.549. The third kappa shape index (κ3) is 5.70. The molecule has 0 bridgehead atoms. The van der Waals surface area contributed by atoms with Crippen molar-refractivity contribution in [2.24, 2.45) is 0 Å². The van der Waals surface area contributed by atoms with Crippen LogP contribution in [0.25, 0.3) is 11.1 Å². The summed E-state index contributed by atoms with van der Waals surface area (Å²) in [6, 6.07) is 14.5. The Bertz CT molecular complexity index is 1220. The maximum absolute atomic E-state index is 13.2. The number of benzene rings is 2. The number of aromatic nitrogens is 1. The lowest BCUT2D eigenvalue weighted by Gasteiger charge is -2.18. The van der Waals surface area contributed by atoms with Crippen molar-refractivity contribution >= 4 is 11.8 Å². The van der Waals surface area contributed by atoms with E-state index in [0.717, 1.165) is 41.8 Å². The number of hydrogen-bond donors (Lipinski definition) is 1. The van der Waals surface area contributed by atoms with Crippen molar-refractivity contribution in [2.75, 3.05) is 13.1 Å². The number of aryl methyl sites for hydroxylation is 1. The van der Waals surface area contributed by atoms with Gasteiger partial charge in [0.15, 0.2) is 0 Å². The zero-order valence-electron chi connectivity index (χ0n) is 19.5. The fourth-order valence-corrected chi connectivity index (χ4v) is 4.09. The summed E-state index contributed by atoms with van der Waals surface area (Å²) in [5, 5.41) is 2.81. The van der Waals surface area contributed by atoms with Gasteiger partial charge in [0.2, 0.25) is 0 Å². The SMILES string of the molecule is Cc1ccc(-c2cc(C(=O)N[C@H](C)c3ccc(C(F)(F)F)nc3)cc(C(=O)N3CCCC3)c2)cc1. The lowest BCUT2D eigenvalue weighted by molar-refractivity contribution is -0.141. The van der Waals surface area contributed by atoms with Gasteiger partial charge in [-0.05, 0) is 67.6 Å². The average Bonchev–Trinajstić information content (AvgIpc) is 3.38. The molecule has 1 fully saturated rings. The van der Waals surface area contributed by atoms with E-state index in [-0.39, 0.29) is 5.91 Å². The molecule has 2 aromatic carbocycles. The van der Waals surface area contributed by atoms with Crippen LogP contribution >= 0.6 is 0 Å². The van der Waals surface area contributed by atoms with E-state index in [4.69, 9.17) is 0 Å². The molecule has 1 atom stereocenters. The van der Waals surface area contributed by atoms with Crippen LogP contribution < -0.4 is 5.32 Å². The van der Waals surface area contributed by atoms with Gasteiger partial charge in [0.05, 0.1) is 6.04 Å². The summed E-state index contributed by atoms with van der Waals surface area (Å²) >= 11 is 0. The molecule has 3 aromatic rings. The number of nitrogens with zero attached hydrogens (tertiary/aromatic N) is 2. The molecule has 0 saturated carbocycles. The maximum atomic E-state index is 13.2. The van der Waals surface area contributed by atoms with Gasteiger partial charge in [0.1, 0.15) is 5.69 Å². The number of amides is 2. The molecule has 182 valence electrons. The van der Waals surface area contributed by atoms with Gasteiger partial charge in [-0.15, -0.1) is 0 Å². The van der Waals surface area contributed by atoms with Crippen LogP contribution in [0.5, 0.6) is 0 Å². The van der Waals surface area contributed by atoms with Crippen LogP contribution in [0, 0.1) is 6.92 Å². The standard InChI is InChI=1S/C27H26F3N3O2/c1-17-5-7-19(8-6-17)21-13-22(15-23(14-21)26(35)33-11-3-4-12-33)25(34)32-18(2)20-9-10-24(31-16-20)27(28,29)30/h5-10,13-16,18H,3-4,11-12H2,1-2H3,(H,32,34)/t18-/m1/s1. The second-order valence-corrected chi connectivity index (χ2v) is 8.83. The van der Waals surface area contributed by atoms with Gasteiger partial charge in [-0.3, -0.25) is 14.6 Å². The minimum Gasteiger partial charge on any atom is -0.345 e. The predicted molar refractivity (Wildman–Crippen MR) is 127 cm³/mol. The molecule has 4 rings (SSSR count). The predicted octanol–water partition coefficient (Wildman–Crippen LogP) is 5.80. The van der Waals surface area contributed by atoms with Crippen LogP contribution in [0.3, 0.4) is 0 Å². The molecule has 0 spiro atoms. The Kier molecular flexibility index (Phi) is 6.91. The van der Waals surface area contributed by atoms with Crippen molar-refractivity contribution in [3.63, 3.8) is 0 Å². The number of hydrogen-bond acceptors (Lipinski definition) is 3. The van der Waals surface area contributed by atoms with E-state index in [1.54, 1.807) is 30.0 Å². The van der Waals surface area contributed by atoms with E-state index in [9.17, 15) is 22.8 Å². The Hall–Kier alpha value is -3.68. The van der Waals surface area contributed by atoms with E-state index in [0.29, 0.717) is 29.8 Å². The smallest absolute Gasteiger partial charge is 0.345 e. The molecule has 1 N–H and O–H groups in total. The van der Waals surface area contributed by atoms with Gasteiger partial charge in [0, 0.05) is 30.4 Å². The van der Waals surface area contributed by atoms with Gasteiger partial charge < -0.3 is 10.2 Å². The van der Waals surface area contributed by atoms with Crippen molar-refractivity contribution in [3.05, 3.63) is 88.7 Å². The van der Waals surface area contributed by atoms with Crippen LogP contribution in [0.4, 0.5) is 13.2 Å². The molecule has 8 heteroatoms. The first kappa shape index (κ1) is 24.4. The minimum absolute atomic E-state index is 0.120. The van der Waals surface area contributed by atoms with Gasteiger partial charge in [0.25, 0.3) is 11.8 Å². The Labute approximate surface area is 202 Å². The van der Waals surface area contributed by atoms with Crippen molar-refractivity contribution < 1.29 is 22.8 Å². The van der Waals surface area contributed by atoms with E-state index < -0.39 is 23.8 Å². The fourth-order valence-electron chi connectivity index (χ4n) is 4.09. The van der Waals surface area contributed by atoms with E-state index in [1.807, 2.05) is 31.2 Å². The molecule has 0 unspecified atom stereocenters. The molecule has 0 aliphatic carbocycles. The van der Waals surface area contributed by atoms with E-state index >= 15 is 0 Å². The molecule has 35 heavy (non-hydrogen) atoms. The second kappa shape index (κ2) is 9.90. The van der Waals surface area contributed by atoms with Gasteiger partial charge >= 0.3 is 6.18 Å². The number of nitrogens with one attached hydrogen (secondary N) is 1. The van der Waals surface area contributed by atoms with Crippen LogP contribution in [0.15, 0.2) is 60.8 Å². The Morgan fingerprint density at radius 3 is 2.20 bits per heavy atom. The number of rotatable bonds is 5. The van der Waals surface area contributed by atoms with Crippen LogP contribution in [0.2, 0.25) is 0 Å². The van der Waals surface area contributed by atoms with Crippen molar-refractivity contribution in [3.8, 4) is 11.1 Å². The molecule has 2 amide bonds. The third-order valence-corrected chi connectivity index (χ3v) is 6.14. The van der Waals surface area contributed by atoms with Crippen LogP contribution in [-0.4, -0.2) is 34.8 Å². The molecule has 5 nitrogen and oxygen atoms in total. The third-order valence-electron chi connectivity index (χ3n) is 6.14. The number of likely N-dealkylation sites (tertiary alicyclic amines) is 1. The largest absolute Gasteiger partial charge is 0.433 e. The monoisotopic (exact) mass is 481 g/mol. The Morgan fingerprint density at radius 2 is 1.60 bits per heavy atom. The second-order valence-electron chi connectivity index (χ2n) is 8.83. The molecule has 2 heterocycles. The van der Waals surface area contributed by atoms with Crippen LogP contribution in [0.1, 0.15) is 63.3 Å². The molecule has 1 aromatic heterocycles. The maximum Gasteiger partial charge on any atom is 0.433 e. The molecule has 1 saturated heterocycles. The Morgan fingerprint density at radius 1 is 0.943 bits per heavy atom. The highest BCUT2D eigenvalue weighted by Crippen LogP contribution is 2.28. The summed E-state index contributed by atoms with van der Waals surface area (Å²) in [6.07, 6.45) is -1.51. The summed E-state index contributed by atoms with van der Waals surface area (Å²) in [7, 11) is 0. The first-order chi connectivity index (χ1) is 16.6. The highest BCUT2D eigenvalue weighted by Gasteiger charge is 2.32. The van der Waals surface area contributed by atoms with Gasteiger partial charge in [-0.2, -0.15) is 13.2 Å². The van der Waals surface area contributed by atoms with Crippen molar-refractivity contribution in [1.29, 1.82) is 0 Å². The van der Waals surface area contributed by atoms with E-state index in [1.165, 1.54) is 6.07 Å². The Balaban J connectivity index is 1.62. The summed E-state index contributed by atoms with van der Waals surface area (Å²) in [5.41, 5.74) is 2.89. The normalized spacial score (nSPS) is 14.6.